The lowest BCUT2D eigenvalue weighted by Crippen LogP contribution is -2.24. The minimum absolute atomic E-state index is 0.00980. The molecule has 5 rings (SSSR count). The summed E-state index contributed by atoms with van der Waals surface area (Å²) in [5.41, 5.74) is 3.83. The van der Waals surface area contributed by atoms with Crippen molar-refractivity contribution in [3.63, 3.8) is 0 Å². The molecule has 1 aliphatic rings. The zero-order valence-corrected chi connectivity index (χ0v) is 19.7. The Kier molecular flexibility index (Phi) is 6.00. The zero-order chi connectivity index (χ0) is 22.9. The highest BCUT2D eigenvalue weighted by Crippen LogP contribution is 2.34. The second-order valence-electron chi connectivity index (χ2n) is 8.27. The molecule has 1 aromatic heterocycles. The van der Waals surface area contributed by atoms with E-state index in [1.54, 1.807) is 7.11 Å². The number of halogens is 2. The molecule has 1 amide bonds. The molecule has 1 fully saturated rings. The quantitative estimate of drug-likeness (QED) is 0.345. The number of para-hydroxylation sites is 2. The molecule has 1 saturated heterocycles. The van der Waals surface area contributed by atoms with E-state index in [4.69, 9.17) is 32.9 Å². The molecule has 1 atom stereocenters. The number of ether oxygens (including phenoxy) is 1. The molecule has 0 N–H and O–H groups in total. The number of rotatable bonds is 6. The average Bonchev–Trinajstić information content (AvgIpc) is 3.37. The molecule has 0 bridgehead atoms. The van der Waals surface area contributed by atoms with Crippen LogP contribution in [0.1, 0.15) is 29.3 Å². The average molecular weight is 480 g/mol. The Morgan fingerprint density at radius 2 is 1.70 bits per heavy atom. The lowest BCUT2D eigenvalue weighted by Gasteiger charge is -2.18. The maximum Gasteiger partial charge on any atom is 0.223 e. The number of hydrogen-bond donors (Lipinski definition) is 0. The number of benzene rings is 3. The van der Waals surface area contributed by atoms with E-state index in [1.165, 1.54) is 0 Å². The third-order valence-corrected chi connectivity index (χ3v) is 6.88. The molecule has 0 spiro atoms. The van der Waals surface area contributed by atoms with Gasteiger partial charge in [-0.25, -0.2) is 4.98 Å². The molecule has 33 heavy (non-hydrogen) atoms. The lowest BCUT2D eigenvalue weighted by molar-refractivity contribution is -0.128. The third-order valence-electron chi connectivity index (χ3n) is 6.17. The van der Waals surface area contributed by atoms with Crippen LogP contribution < -0.4 is 4.74 Å². The zero-order valence-electron chi connectivity index (χ0n) is 18.2. The first kappa shape index (κ1) is 21.8. The first-order chi connectivity index (χ1) is 16.0. The summed E-state index contributed by atoms with van der Waals surface area (Å²) in [6.45, 7) is 1.68. The highest BCUT2D eigenvalue weighted by molar-refractivity contribution is 6.36. The van der Waals surface area contributed by atoms with Crippen molar-refractivity contribution in [1.82, 2.24) is 14.5 Å². The first-order valence-corrected chi connectivity index (χ1v) is 11.6. The van der Waals surface area contributed by atoms with Crippen LogP contribution in [0.2, 0.25) is 10.0 Å². The van der Waals surface area contributed by atoms with Crippen molar-refractivity contribution >= 4 is 40.1 Å². The normalized spacial score (nSPS) is 16.0. The van der Waals surface area contributed by atoms with Crippen LogP contribution in [0.3, 0.4) is 0 Å². The summed E-state index contributed by atoms with van der Waals surface area (Å²) in [7, 11) is 1.64. The number of carbonyl (C=O) groups is 1. The second-order valence-corrected chi connectivity index (χ2v) is 9.08. The van der Waals surface area contributed by atoms with Crippen molar-refractivity contribution in [2.24, 2.45) is 0 Å². The maximum absolute atomic E-state index is 12.9. The van der Waals surface area contributed by atoms with Gasteiger partial charge in [-0.1, -0.05) is 53.5 Å². The van der Waals surface area contributed by atoms with Crippen LogP contribution in [0.25, 0.3) is 11.0 Å². The van der Waals surface area contributed by atoms with Crippen molar-refractivity contribution in [2.45, 2.75) is 25.4 Å². The minimum atomic E-state index is -0.00980. The van der Waals surface area contributed by atoms with E-state index in [-0.39, 0.29) is 11.8 Å². The molecule has 5 nitrogen and oxygen atoms in total. The van der Waals surface area contributed by atoms with E-state index >= 15 is 0 Å². The van der Waals surface area contributed by atoms with Crippen LogP contribution in [0, 0.1) is 0 Å². The number of methoxy groups -OCH3 is 1. The summed E-state index contributed by atoms with van der Waals surface area (Å²) in [5.74, 6) is 1.81. The molecule has 0 unspecified atom stereocenters. The van der Waals surface area contributed by atoms with Gasteiger partial charge in [-0.2, -0.15) is 0 Å². The van der Waals surface area contributed by atoms with Gasteiger partial charge in [-0.3, -0.25) is 4.79 Å². The standard InChI is InChI=1S/C26H23Cl2N3O2/c1-33-19-11-9-17(10-12-19)14-30-15-18(13-25(30)32)26-29-23-7-2-3-8-24(23)31(26)16-20-21(27)5-4-6-22(20)28/h2-12,18H,13-16H2,1H3/t18-/m0/s1. The van der Waals surface area contributed by atoms with E-state index in [9.17, 15) is 4.79 Å². The molecular formula is C26H23Cl2N3O2. The number of fused-ring (bicyclic) bond motifs is 1. The van der Waals surface area contributed by atoms with E-state index in [0.717, 1.165) is 33.7 Å². The summed E-state index contributed by atoms with van der Waals surface area (Å²) >= 11 is 13.0. The minimum Gasteiger partial charge on any atom is -0.497 e. The molecule has 168 valence electrons. The van der Waals surface area contributed by atoms with Gasteiger partial charge >= 0.3 is 0 Å². The SMILES string of the molecule is COc1ccc(CN2C[C@@H](c3nc4ccccc4n3Cc3c(Cl)cccc3Cl)CC2=O)cc1. The highest BCUT2D eigenvalue weighted by atomic mass is 35.5. The lowest BCUT2D eigenvalue weighted by atomic mass is 10.1. The van der Waals surface area contributed by atoms with E-state index < -0.39 is 0 Å². The molecule has 0 saturated carbocycles. The Hall–Kier alpha value is -3.02. The number of amides is 1. The van der Waals surface area contributed by atoms with Crippen molar-refractivity contribution < 1.29 is 9.53 Å². The van der Waals surface area contributed by atoms with Gasteiger partial charge in [0.15, 0.2) is 0 Å². The van der Waals surface area contributed by atoms with Crippen LogP contribution in [0.4, 0.5) is 0 Å². The Morgan fingerprint density at radius 1 is 0.970 bits per heavy atom. The summed E-state index contributed by atoms with van der Waals surface area (Å²) in [6, 6.07) is 21.4. The number of aromatic nitrogens is 2. The van der Waals surface area contributed by atoms with Crippen molar-refractivity contribution in [3.05, 3.63) is 93.7 Å². The topological polar surface area (TPSA) is 47.4 Å². The van der Waals surface area contributed by atoms with Gasteiger partial charge in [0.2, 0.25) is 5.91 Å². The third kappa shape index (κ3) is 4.31. The Morgan fingerprint density at radius 3 is 2.42 bits per heavy atom. The Labute approximate surface area is 202 Å². The van der Waals surface area contributed by atoms with Gasteiger partial charge in [0.25, 0.3) is 0 Å². The molecular weight excluding hydrogens is 457 g/mol. The summed E-state index contributed by atoms with van der Waals surface area (Å²) in [4.78, 5) is 19.7. The summed E-state index contributed by atoms with van der Waals surface area (Å²) in [5, 5.41) is 1.24. The first-order valence-electron chi connectivity index (χ1n) is 10.8. The molecule has 3 aromatic carbocycles. The fraction of sp³-hybridized carbons (Fsp3) is 0.231. The molecule has 0 aliphatic carbocycles. The van der Waals surface area contributed by atoms with E-state index in [0.29, 0.717) is 36.1 Å². The Balaban J connectivity index is 1.46. The van der Waals surface area contributed by atoms with Gasteiger partial charge in [-0.15, -0.1) is 0 Å². The second kappa shape index (κ2) is 9.08. The van der Waals surface area contributed by atoms with Gasteiger partial charge in [0.05, 0.1) is 24.7 Å². The van der Waals surface area contributed by atoms with Crippen LogP contribution in [0.5, 0.6) is 5.75 Å². The highest BCUT2D eigenvalue weighted by Gasteiger charge is 2.34. The largest absolute Gasteiger partial charge is 0.497 e. The van der Waals surface area contributed by atoms with Crippen LogP contribution in [0.15, 0.2) is 66.7 Å². The van der Waals surface area contributed by atoms with Gasteiger partial charge in [-0.05, 0) is 42.0 Å². The van der Waals surface area contributed by atoms with E-state index in [2.05, 4.69) is 4.57 Å². The molecule has 2 heterocycles. The van der Waals surface area contributed by atoms with Crippen molar-refractivity contribution in [3.8, 4) is 5.75 Å². The number of nitrogens with zero attached hydrogens (tertiary/aromatic N) is 3. The number of carbonyl (C=O) groups excluding carboxylic acids is 1. The predicted octanol–water partition coefficient (Wildman–Crippen LogP) is 5.92. The molecule has 4 aromatic rings. The van der Waals surface area contributed by atoms with Crippen LogP contribution in [-0.4, -0.2) is 34.0 Å². The number of imidazole rings is 1. The number of likely N-dealkylation sites (tertiary alicyclic amines) is 1. The smallest absolute Gasteiger partial charge is 0.223 e. The van der Waals surface area contributed by atoms with Gasteiger partial charge in [0, 0.05) is 41.0 Å². The van der Waals surface area contributed by atoms with Crippen LogP contribution in [-0.2, 0) is 17.9 Å². The number of hydrogen-bond acceptors (Lipinski definition) is 3. The fourth-order valence-electron chi connectivity index (χ4n) is 4.46. The summed E-state index contributed by atoms with van der Waals surface area (Å²) in [6.07, 6.45) is 0.426. The molecule has 1 aliphatic heterocycles. The van der Waals surface area contributed by atoms with Crippen molar-refractivity contribution in [2.75, 3.05) is 13.7 Å². The molecule has 7 heteroatoms. The van der Waals surface area contributed by atoms with Crippen molar-refractivity contribution in [1.29, 1.82) is 0 Å². The van der Waals surface area contributed by atoms with E-state index in [1.807, 2.05) is 71.6 Å². The molecule has 0 radical (unpaired) electrons. The van der Waals surface area contributed by atoms with Gasteiger partial charge < -0.3 is 14.2 Å². The Bertz CT molecular complexity index is 1300. The maximum atomic E-state index is 12.9. The fourth-order valence-corrected chi connectivity index (χ4v) is 4.98. The summed E-state index contributed by atoms with van der Waals surface area (Å²) < 4.78 is 7.38. The monoisotopic (exact) mass is 479 g/mol. The van der Waals surface area contributed by atoms with Crippen LogP contribution >= 0.6 is 23.2 Å². The van der Waals surface area contributed by atoms with Gasteiger partial charge in [0.1, 0.15) is 11.6 Å². The predicted molar refractivity (Wildman–Crippen MR) is 131 cm³/mol.